The Kier molecular flexibility index (Phi) is 4.41. The molecule has 0 saturated carbocycles. The quantitative estimate of drug-likeness (QED) is 0.756. The molecule has 0 atom stereocenters. The van der Waals surface area contributed by atoms with Gasteiger partial charge in [0.2, 0.25) is 5.88 Å². The Labute approximate surface area is 132 Å². The lowest BCUT2D eigenvalue weighted by atomic mass is 10.2. The molecule has 0 unspecified atom stereocenters. The monoisotopic (exact) mass is 338 g/mol. The van der Waals surface area contributed by atoms with Crippen molar-refractivity contribution < 1.29 is 28.2 Å². The van der Waals surface area contributed by atoms with Crippen LogP contribution in [0.4, 0.5) is 5.69 Å². The molecule has 1 aromatic heterocycles. The smallest absolute Gasteiger partial charge is 0.339 e. The lowest BCUT2D eigenvalue weighted by molar-refractivity contribution is 0.0694. The molecular formula is C14H14N2O6S. The molecule has 0 radical (unpaired) electrons. The van der Waals surface area contributed by atoms with Gasteiger partial charge in [0.1, 0.15) is 16.2 Å². The largest absolute Gasteiger partial charge is 0.507 e. The van der Waals surface area contributed by atoms with E-state index in [1.54, 1.807) is 0 Å². The minimum atomic E-state index is -3.95. The highest BCUT2D eigenvalue weighted by Gasteiger charge is 2.19. The molecule has 2 aromatic rings. The third-order valence-electron chi connectivity index (χ3n) is 2.99. The van der Waals surface area contributed by atoms with E-state index in [0.29, 0.717) is 0 Å². The van der Waals surface area contributed by atoms with E-state index in [0.717, 1.165) is 12.1 Å². The molecule has 0 amide bonds. The zero-order valence-electron chi connectivity index (χ0n) is 12.3. The Hall–Kier alpha value is -2.81. The van der Waals surface area contributed by atoms with Crippen LogP contribution in [0.2, 0.25) is 0 Å². The molecule has 0 saturated heterocycles. The summed E-state index contributed by atoms with van der Waals surface area (Å²) in [5.41, 5.74) is -0.0545. The summed E-state index contributed by atoms with van der Waals surface area (Å²) in [4.78, 5) is 14.8. The van der Waals surface area contributed by atoms with Crippen LogP contribution in [0.3, 0.4) is 0 Å². The number of aryl methyl sites for hydroxylation is 1. The van der Waals surface area contributed by atoms with Crippen LogP contribution in [0.1, 0.15) is 16.1 Å². The number of carboxylic acids is 1. The van der Waals surface area contributed by atoms with Gasteiger partial charge < -0.3 is 14.9 Å². The molecule has 0 bridgehead atoms. The van der Waals surface area contributed by atoms with Gasteiger partial charge >= 0.3 is 5.97 Å². The first-order valence-electron chi connectivity index (χ1n) is 6.35. The number of sulfonamides is 1. The number of methoxy groups -OCH3 is 1. The second-order valence-electron chi connectivity index (χ2n) is 4.58. The van der Waals surface area contributed by atoms with E-state index in [9.17, 15) is 18.3 Å². The van der Waals surface area contributed by atoms with Crippen LogP contribution in [0.25, 0.3) is 0 Å². The SMILES string of the molecule is COc1ccc(S(=O)(=O)Nc2ccc(C(=O)O)c(O)c2)c(C)n1. The maximum Gasteiger partial charge on any atom is 0.339 e. The van der Waals surface area contributed by atoms with Crippen molar-refractivity contribution >= 4 is 21.7 Å². The van der Waals surface area contributed by atoms with Crippen LogP contribution >= 0.6 is 0 Å². The molecule has 2 rings (SSSR count). The number of rotatable bonds is 5. The summed E-state index contributed by atoms with van der Waals surface area (Å²) in [6.45, 7) is 1.52. The minimum absolute atomic E-state index is 0.0303. The zero-order valence-corrected chi connectivity index (χ0v) is 13.1. The number of nitrogens with zero attached hydrogens (tertiary/aromatic N) is 1. The molecule has 122 valence electrons. The molecule has 3 N–H and O–H groups in total. The number of benzene rings is 1. The van der Waals surface area contributed by atoms with Gasteiger partial charge in [-0.25, -0.2) is 18.2 Å². The first-order valence-corrected chi connectivity index (χ1v) is 7.83. The van der Waals surface area contributed by atoms with Crippen molar-refractivity contribution in [1.82, 2.24) is 4.98 Å². The minimum Gasteiger partial charge on any atom is -0.507 e. The predicted molar refractivity (Wildman–Crippen MR) is 81.4 cm³/mol. The molecule has 1 heterocycles. The average molecular weight is 338 g/mol. The molecule has 0 aliphatic rings. The number of ether oxygens (including phenoxy) is 1. The standard InChI is InChI=1S/C14H14N2O6S/c1-8-12(5-6-13(15-8)22-2)23(20,21)16-9-3-4-10(14(18)19)11(17)7-9/h3-7,16-17H,1-2H3,(H,18,19). The van der Waals surface area contributed by atoms with E-state index in [-0.39, 0.29) is 27.7 Å². The Morgan fingerprint density at radius 2 is 1.96 bits per heavy atom. The van der Waals surface area contributed by atoms with Crippen molar-refractivity contribution in [2.75, 3.05) is 11.8 Å². The van der Waals surface area contributed by atoms with E-state index in [1.165, 1.54) is 32.2 Å². The van der Waals surface area contributed by atoms with Crippen molar-refractivity contribution in [3.05, 3.63) is 41.6 Å². The fraction of sp³-hybridized carbons (Fsp3) is 0.143. The third kappa shape index (κ3) is 3.51. The van der Waals surface area contributed by atoms with Crippen molar-refractivity contribution in [3.63, 3.8) is 0 Å². The highest BCUT2D eigenvalue weighted by Crippen LogP contribution is 2.25. The van der Waals surface area contributed by atoms with Crippen LogP contribution in [0.5, 0.6) is 11.6 Å². The predicted octanol–water partition coefficient (Wildman–Crippen LogP) is 1.60. The molecule has 0 aliphatic carbocycles. The summed E-state index contributed by atoms with van der Waals surface area (Å²) >= 11 is 0. The topological polar surface area (TPSA) is 126 Å². The van der Waals surface area contributed by atoms with Gasteiger partial charge in [0.05, 0.1) is 18.5 Å². The van der Waals surface area contributed by atoms with Gasteiger partial charge in [0, 0.05) is 12.1 Å². The van der Waals surface area contributed by atoms with E-state index in [4.69, 9.17) is 9.84 Å². The molecule has 1 aromatic carbocycles. The van der Waals surface area contributed by atoms with Gasteiger partial charge in [-0.15, -0.1) is 0 Å². The number of hydrogen-bond acceptors (Lipinski definition) is 6. The van der Waals surface area contributed by atoms with Gasteiger partial charge in [0.15, 0.2) is 0 Å². The van der Waals surface area contributed by atoms with Gasteiger partial charge in [0.25, 0.3) is 10.0 Å². The fourth-order valence-electron chi connectivity index (χ4n) is 1.91. The van der Waals surface area contributed by atoms with Crippen LogP contribution < -0.4 is 9.46 Å². The van der Waals surface area contributed by atoms with Crippen molar-refractivity contribution in [2.24, 2.45) is 0 Å². The number of aromatic carboxylic acids is 1. The maximum atomic E-state index is 12.4. The lowest BCUT2D eigenvalue weighted by Gasteiger charge is -2.11. The highest BCUT2D eigenvalue weighted by molar-refractivity contribution is 7.92. The Bertz CT molecular complexity index is 864. The van der Waals surface area contributed by atoms with E-state index in [1.807, 2.05) is 0 Å². The zero-order chi connectivity index (χ0) is 17.2. The second kappa shape index (κ2) is 6.13. The Morgan fingerprint density at radius 3 is 2.48 bits per heavy atom. The van der Waals surface area contributed by atoms with Gasteiger partial charge in [-0.3, -0.25) is 4.72 Å². The number of hydrogen-bond donors (Lipinski definition) is 3. The van der Waals surface area contributed by atoms with Gasteiger partial charge in [-0.05, 0) is 25.1 Å². The van der Waals surface area contributed by atoms with E-state index in [2.05, 4.69) is 9.71 Å². The number of phenols is 1. The number of pyridine rings is 1. The van der Waals surface area contributed by atoms with Crippen molar-refractivity contribution in [2.45, 2.75) is 11.8 Å². The van der Waals surface area contributed by atoms with E-state index >= 15 is 0 Å². The molecule has 9 heteroatoms. The summed E-state index contributed by atoms with van der Waals surface area (Å²) in [6.07, 6.45) is 0. The number of carbonyl (C=O) groups is 1. The highest BCUT2D eigenvalue weighted by atomic mass is 32.2. The summed E-state index contributed by atoms with van der Waals surface area (Å²) < 4.78 is 31.9. The first kappa shape index (κ1) is 16.6. The number of aromatic hydroxyl groups is 1. The third-order valence-corrected chi connectivity index (χ3v) is 4.51. The van der Waals surface area contributed by atoms with Gasteiger partial charge in [-0.1, -0.05) is 0 Å². The first-order chi connectivity index (χ1) is 10.7. The molecule has 23 heavy (non-hydrogen) atoms. The molecule has 0 spiro atoms. The van der Waals surface area contributed by atoms with Crippen LogP contribution in [0, 0.1) is 6.92 Å². The van der Waals surface area contributed by atoms with E-state index < -0.39 is 21.7 Å². The van der Waals surface area contributed by atoms with Crippen LogP contribution in [-0.2, 0) is 10.0 Å². The number of aromatic nitrogens is 1. The molecule has 8 nitrogen and oxygen atoms in total. The van der Waals surface area contributed by atoms with Crippen molar-refractivity contribution in [3.8, 4) is 11.6 Å². The van der Waals surface area contributed by atoms with Crippen LogP contribution in [0.15, 0.2) is 35.2 Å². The summed E-state index contributed by atoms with van der Waals surface area (Å²) in [7, 11) is -2.53. The number of anilines is 1. The summed E-state index contributed by atoms with van der Waals surface area (Å²) in [6, 6.07) is 6.12. The maximum absolute atomic E-state index is 12.4. The van der Waals surface area contributed by atoms with Crippen LogP contribution in [-0.4, -0.2) is 36.7 Å². The Balaban J connectivity index is 2.35. The summed E-state index contributed by atoms with van der Waals surface area (Å²) in [5, 5.41) is 18.4. The summed E-state index contributed by atoms with van der Waals surface area (Å²) in [5.74, 6) is -1.57. The fourth-order valence-corrected chi connectivity index (χ4v) is 3.14. The molecule has 0 fully saturated rings. The average Bonchev–Trinajstić information content (AvgIpc) is 2.45. The number of carboxylic acid groups (broad SMARTS) is 1. The Morgan fingerprint density at radius 1 is 1.26 bits per heavy atom. The molecule has 0 aliphatic heterocycles. The second-order valence-corrected chi connectivity index (χ2v) is 6.23. The normalized spacial score (nSPS) is 11.0. The lowest BCUT2D eigenvalue weighted by Crippen LogP contribution is -2.15. The van der Waals surface area contributed by atoms with Gasteiger partial charge in [-0.2, -0.15) is 0 Å². The van der Waals surface area contributed by atoms with Crippen molar-refractivity contribution in [1.29, 1.82) is 0 Å². The number of nitrogens with one attached hydrogen (secondary N) is 1. The molecular weight excluding hydrogens is 324 g/mol.